The van der Waals surface area contributed by atoms with Gasteiger partial charge in [-0.25, -0.2) is 0 Å². The van der Waals surface area contributed by atoms with Crippen molar-refractivity contribution < 1.29 is 33.7 Å². The van der Waals surface area contributed by atoms with Gasteiger partial charge in [-0.2, -0.15) is 0 Å². The molecular formula is C31H42N2O7. The fourth-order valence-electron chi connectivity index (χ4n) is 6.82. The molecule has 1 aromatic carbocycles. The lowest BCUT2D eigenvalue weighted by atomic mass is 9.66. The van der Waals surface area contributed by atoms with E-state index < -0.39 is 41.1 Å². The minimum Gasteiger partial charge on any atom is -0.497 e. The average Bonchev–Trinajstić information content (AvgIpc) is 3.53. The van der Waals surface area contributed by atoms with Crippen molar-refractivity contribution in [1.29, 1.82) is 0 Å². The highest BCUT2D eigenvalue weighted by Gasteiger charge is 2.79. The predicted octanol–water partition coefficient (Wildman–Crippen LogP) is 3.65. The maximum atomic E-state index is 14.5. The smallest absolute Gasteiger partial charge is 0.312 e. The molecule has 6 atom stereocenters. The molecule has 1 aromatic rings. The molecule has 9 nitrogen and oxygen atoms in total. The maximum absolute atomic E-state index is 14.5. The number of anilines is 1. The third kappa shape index (κ3) is 4.94. The van der Waals surface area contributed by atoms with Gasteiger partial charge in [0.1, 0.15) is 23.3 Å². The lowest BCUT2D eigenvalue weighted by Gasteiger charge is -2.39. The van der Waals surface area contributed by atoms with Crippen molar-refractivity contribution in [1.82, 2.24) is 4.90 Å². The van der Waals surface area contributed by atoms with E-state index in [0.717, 1.165) is 12.8 Å². The molecule has 2 bridgehead atoms. The minimum absolute atomic E-state index is 0.202. The van der Waals surface area contributed by atoms with Crippen LogP contribution in [-0.4, -0.2) is 77.9 Å². The topological polar surface area (TPSA) is 106 Å². The average molecular weight is 555 g/mol. The van der Waals surface area contributed by atoms with Crippen molar-refractivity contribution in [3.05, 3.63) is 49.6 Å². The third-order valence-electron chi connectivity index (χ3n) is 8.79. The van der Waals surface area contributed by atoms with E-state index in [2.05, 4.69) is 13.2 Å². The van der Waals surface area contributed by atoms with Crippen LogP contribution in [0.15, 0.2) is 49.6 Å². The number of carbonyl (C=O) groups excluding carboxylic acids is 3. The lowest BCUT2D eigenvalue weighted by Crippen LogP contribution is -2.59. The summed E-state index contributed by atoms with van der Waals surface area (Å²) in [5, 5.41) is 10.3. The number of amides is 2. The first-order chi connectivity index (χ1) is 19.2. The van der Waals surface area contributed by atoms with Crippen LogP contribution in [0.2, 0.25) is 0 Å². The number of likely N-dealkylation sites (tertiary alicyclic amines) is 1. The molecule has 9 heteroatoms. The Morgan fingerprint density at radius 1 is 1.23 bits per heavy atom. The Balaban J connectivity index is 1.72. The highest BCUT2D eigenvalue weighted by Crippen LogP contribution is 2.63. The molecule has 1 spiro atoms. The van der Waals surface area contributed by atoms with E-state index in [4.69, 9.17) is 14.2 Å². The number of benzene rings is 1. The summed E-state index contributed by atoms with van der Waals surface area (Å²) in [4.78, 5) is 45.3. The molecular weight excluding hydrogens is 512 g/mol. The number of carbonyl (C=O) groups is 3. The minimum atomic E-state index is -1.20. The largest absolute Gasteiger partial charge is 0.497 e. The second-order valence-electron chi connectivity index (χ2n) is 11.1. The number of nitrogens with zero attached hydrogens (tertiary/aromatic N) is 2. The normalized spacial score (nSPS) is 29.1. The van der Waals surface area contributed by atoms with E-state index >= 15 is 0 Å². The highest BCUT2D eigenvalue weighted by molar-refractivity contribution is 6.05. The van der Waals surface area contributed by atoms with Crippen LogP contribution in [0, 0.1) is 11.8 Å². The Bertz CT molecular complexity index is 1120. The SMILES string of the molecule is C=CCCCCOC(=O)[C@@H]1[C@H]2C(=O)N([C@@H](CC)CO)C(C(=O)N(CC=C)c3ccc(OC)cc3)C23CC[C@@]1(C)O3. The zero-order valence-corrected chi connectivity index (χ0v) is 23.8. The Morgan fingerprint density at radius 3 is 2.55 bits per heavy atom. The molecule has 1 N–H and O–H groups in total. The molecule has 0 saturated carbocycles. The Morgan fingerprint density at radius 2 is 1.95 bits per heavy atom. The number of fused-ring (bicyclic) bond motifs is 1. The number of ether oxygens (including phenoxy) is 3. The zero-order valence-electron chi connectivity index (χ0n) is 23.8. The summed E-state index contributed by atoms with van der Waals surface area (Å²) >= 11 is 0. The summed E-state index contributed by atoms with van der Waals surface area (Å²) < 4.78 is 17.6. The van der Waals surface area contributed by atoms with Gasteiger partial charge in [-0.1, -0.05) is 19.1 Å². The van der Waals surface area contributed by atoms with E-state index in [0.29, 0.717) is 37.1 Å². The van der Waals surface area contributed by atoms with Crippen LogP contribution in [0.25, 0.3) is 0 Å². The summed E-state index contributed by atoms with van der Waals surface area (Å²) in [7, 11) is 1.57. The number of rotatable bonds is 14. The summed E-state index contributed by atoms with van der Waals surface area (Å²) in [6.07, 6.45) is 7.24. The van der Waals surface area contributed by atoms with E-state index in [1.165, 1.54) is 4.90 Å². The van der Waals surface area contributed by atoms with Gasteiger partial charge in [0.05, 0.1) is 37.9 Å². The molecule has 2 amide bonds. The highest BCUT2D eigenvalue weighted by atomic mass is 16.6. The molecule has 0 aliphatic carbocycles. The summed E-state index contributed by atoms with van der Waals surface area (Å²) in [6, 6.07) is 5.46. The van der Waals surface area contributed by atoms with Crippen LogP contribution in [0.3, 0.4) is 0 Å². The van der Waals surface area contributed by atoms with E-state index in [1.807, 2.05) is 19.9 Å². The van der Waals surface area contributed by atoms with Crippen LogP contribution < -0.4 is 9.64 Å². The molecule has 0 radical (unpaired) electrons. The van der Waals surface area contributed by atoms with Crippen LogP contribution in [-0.2, 0) is 23.9 Å². The second kappa shape index (κ2) is 12.1. The van der Waals surface area contributed by atoms with Gasteiger partial charge in [-0.05, 0) is 69.7 Å². The van der Waals surface area contributed by atoms with E-state index in [1.54, 1.807) is 42.4 Å². The molecule has 3 saturated heterocycles. The Kier molecular flexibility index (Phi) is 9.05. The fraction of sp³-hybridized carbons (Fsp3) is 0.581. The molecule has 3 heterocycles. The molecule has 0 aromatic heterocycles. The molecule has 2 unspecified atom stereocenters. The van der Waals surface area contributed by atoms with Crippen LogP contribution in [0.1, 0.15) is 52.4 Å². The monoisotopic (exact) mass is 554 g/mol. The molecule has 4 rings (SSSR count). The number of methoxy groups -OCH3 is 1. The number of esters is 1. The fourth-order valence-corrected chi connectivity index (χ4v) is 6.82. The summed E-state index contributed by atoms with van der Waals surface area (Å²) in [6.45, 7) is 11.4. The molecule has 3 aliphatic rings. The first-order valence-corrected chi connectivity index (χ1v) is 14.2. The summed E-state index contributed by atoms with van der Waals surface area (Å²) in [5.74, 6) is -2.21. The number of aliphatic hydroxyl groups is 1. The third-order valence-corrected chi connectivity index (χ3v) is 8.79. The molecule has 40 heavy (non-hydrogen) atoms. The van der Waals surface area contributed by atoms with Crippen LogP contribution in [0.4, 0.5) is 5.69 Å². The molecule has 3 fully saturated rings. The number of hydrogen-bond acceptors (Lipinski definition) is 7. The predicted molar refractivity (Wildman–Crippen MR) is 151 cm³/mol. The number of aliphatic hydroxyl groups excluding tert-OH is 1. The Labute approximate surface area is 236 Å². The van der Waals surface area contributed by atoms with Crippen molar-refractivity contribution >= 4 is 23.5 Å². The standard InChI is InChI=1S/C31H42N2O7/c1-6-9-10-11-19-39-29(37)25-24-27(35)33(21(8-3)20-34)26(31(24)17-16-30(25,4)40-31)28(36)32(18-7-2)22-12-14-23(38-5)15-13-22/h6-7,12-15,21,24-26,34H,1-2,8-11,16-20H2,3-5H3/t21-,24-,25-,26?,30+,31?/m0/s1. The van der Waals surface area contributed by atoms with Crippen molar-refractivity contribution in [3.63, 3.8) is 0 Å². The van der Waals surface area contributed by atoms with E-state index in [9.17, 15) is 19.5 Å². The maximum Gasteiger partial charge on any atom is 0.312 e. The van der Waals surface area contributed by atoms with Gasteiger partial charge in [-0.15, -0.1) is 13.2 Å². The zero-order chi connectivity index (χ0) is 29.1. The van der Waals surface area contributed by atoms with Gasteiger partial charge >= 0.3 is 5.97 Å². The quantitative estimate of drug-likeness (QED) is 0.213. The van der Waals surface area contributed by atoms with Crippen LogP contribution in [0.5, 0.6) is 5.75 Å². The van der Waals surface area contributed by atoms with Crippen molar-refractivity contribution in [2.24, 2.45) is 11.8 Å². The number of unbranched alkanes of at least 4 members (excludes halogenated alkanes) is 2. The van der Waals surface area contributed by atoms with Gasteiger partial charge in [0.15, 0.2) is 0 Å². The first kappa shape index (κ1) is 29.8. The van der Waals surface area contributed by atoms with Gasteiger partial charge in [0.2, 0.25) is 5.91 Å². The first-order valence-electron chi connectivity index (χ1n) is 14.2. The molecule has 218 valence electrons. The number of hydrogen-bond donors (Lipinski definition) is 1. The van der Waals surface area contributed by atoms with E-state index in [-0.39, 0.29) is 31.6 Å². The van der Waals surface area contributed by atoms with Gasteiger partial charge in [-0.3, -0.25) is 14.4 Å². The van der Waals surface area contributed by atoms with Gasteiger partial charge < -0.3 is 29.1 Å². The molecule has 3 aliphatic heterocycles. The summed E-state index contributed by atoms with van der Waals surface area (Å²) in [5.41, 5.74) is -1.51. The Hall–Kier alpha value is -3.17. The van der Waals surface area contributed by atoms with Crippen molar-refractivity contribution in [3.8, 4) is 5.75 Å². The lowest BCUT2D eigenvalue weighted by molar-refractivity contribution is -0.160. The second-order valence-corrected chi connectivity index (χ2v) is 11.1. The van der Waals surface area contributed by atoms with Gasteiger partial charge in [0.25, 0.3) is 5.91 Å². The number of allylic oxidation sites excluding steroid dienone is 1. The van der Waals surface area contributed by atoms with Crippen molar-refractivity contribution in [2.45, 2.75) is 75.7 Å². The van der Waals surface area contributed by atoms with Gasteiger partial charge in [0, 0.05) is 12.2 Å². The van der Waals surface area contributed by atoms with Crippen LogP contribution >= 0.6 is 0 Å². The van der Waals surface area contributed by atoms with Crippen molar-refractivity contribution in [2.75, 3.05) is 31.8 Å².